The molecular formula is C22H23NO5. The third-order valence-corrected chi connectivity index (χ3v) is 6.22. The van der Waals surface area contributed by atoms with E-state index in [0.29, 0.717) is 5.56 Å². The zero-order valence-corrected chi connectivity index (χ0v) is 15.6. The molecule has 146 valence electrons. The van der Waals surface area contributed by atoms with Crippen molar-refractivity contribution in [1.82, 2.24) is 5.48 Å². The number of aromatic hydroxyl groups is 1. The van der Waals surface area contributed by atoms with E-state index in [1.807, 2.05) is 18.2 Å². The number of hydroxylamine groups is 1. The van der Waals surface area contributed by atoms with Crippen LogP contribution in [0.5, 0.6) is 5.75 Å². The molecule has 0 bridgehead atoms. The monoisotopic (exact) mass is 381 g/mol. The number of nitrogens with one attached hydrogen (secondary N) is 1. The Kier molecular flexibility index (Phi) is 4.59. The molecule has 1 amide bonds. The molecule has 1 saturated carbocycles. The highest BCUT2D eigenvalue weighted by Crippen LogP contribution is 2.56. The number of carbonyl (C=O) groups excluding carboxylic acids is 2. The van der Waals surface area contributed by atoms with E-state index in [2.05, 4.69) is 12.1 Å². The third-order valence-electron chi connectivity index (χ3n) is 6.22. The van der Waals surface area contributed by atoms with E-state index in [9.17, 15) is 14.7 Å². The predicted molar refractivity (Wildman–Crippen MR) is 101 cm³/mol. The summed E-state index contributed by atoms with van der Waals surface area (Å²) >= 11 is 0. The second kappa shape index (κ2) is 6.95. The Balaban J connectivity index is 1.78. The van der Waals surface area contributed by atoms with Crippen LogP contribution in [0, 0.1) is 5.92 Å². The first kappa shape index (κ1) is 18.5. The number of esters is 1. The number of fused-ring (bicyclic) bond motifs is 1. The first-order valence-electron chi connectivity index (χ1n) is 9.46. The summed E-state index contributed by atoms with van der Waals surface area (Å²) in [4.78, 5) is 24.5. The standard InChI is InChI=1S/C22H23NO5/c1-28-21(26)22(12-18(22)20(25)23-27)14-9-10-19(24)17(11-14)16-8-4-6-13-5-2-3-7-15(13)16/h2-3,5,7,9-11,16,18,24,27H,4,6,8,12H2,1H3,(H,23,25)/t16?,18-,22-/m1/s1. The van der Waals surface area contributed by atoms with E-state index in [-0.39, 0.29) is 18.1 Å². The molecule has 0 radical (unpaired) electrons. The van der Waals surface area contributed by atoms with Crippen molar-refractivity contribution in [3.8, 4) is 5.75 Å². The van der Waals surface area contributed by atoms with Crippen molar-refractivity contribution in [3.63, 3.8) is 0 Å². The van der Waals surface area contributed by atoms with Gasteiger partial charge in [-0.2, -0.15) is 0 Å². The van der Waals surface area contributed by atoms with Gasteiger partial charge < -0.3 is 9.84 Å². The van der Waals surface area contributed by atoms with Gasteiger partial charge in [0.15, 0.2) is 0 Å². The van der Waals surface area contributed by atoms with Crippen LogP contribution >= 0.6 is 0 Å². The van der Waals surface area contributed by atoms with Crippen LogP contribution in [-0.4, -0.2) is 29.3 Å². The van der Waals surface area contributed by atoms with Gasteiger partial charge in [0.25, 0.3) is 0 Å². The number of benzene rings is 2. The van der Waals surface area contributed by atoms with Crippen LogP contribution in [0.3, 0.4) is 0 Å². The topological polar surface area (TPSA) is 95.9 Å². The fraction of sp³-hybridized carbons (Fsp3) is 0.364. The summed E-state index contributed by atoms with van der Waals surface area (Å²) in [6.07, 6.45) is 3.19. The number of carbonyl (C=O) groups is 2. The molecule has 2 aliphatic carbocycles. The average molecular weight is 381 g/mol. The smallest absolute Gasteiger partial charge is 0.317 e. The van der Waals surface area contributed by atoms with Gasteiger partial charge in [0, 0.05) is 11.5 Å². The molecule has 6 nitrogen and oxygen atoms in total. The Morgan fingerprint density at radius 2 is 1.96 bits per heavy atom. The normalized spacial score (nSPS) is 25.5. The fourth-order valence-electron chi connectivity index (χ4n) is 4.69. The second-order valence-corrected chi connectivity index (χ2v) is 7.61. The van der Waals surface area contributed by atoms with Crippen molar-refractivity contribution < 1.29 is 24.6 Å². The van der Waals surface area contributed by atoms with Gasteiger partial charge in [-0.3, -0.25) is 14.8 Å². The molecule has 0 heterocycles. The molecule has 2 aromatic carbocycles. The van der Waals surface area contributed by atoms with Crippen LogP contribution in [-0.2, 0) is 26.2 Å². The number of phenolic OH excluding ortho intramolecular Hbond substituents is 1. The van der Waals surface area contributed by atoms with Gasteiger partial charge >= 0.3 is 5.97 Å². The molecule has 0 saturated heterocycles. The molecule has 3 N–H and O–H groups in total. The Morgan fingerprint density at radius 1 is 1.18 bits per heavy atom. The average Bonchev–Trinajstić information content (AvgIpc) is 3.49. The molecule has 4 rings (SSSR count). The molecule has 0 aliphatic heterocycles. The highest BCUT2D eigenvalue weighted by Gasteiger charge is 2.65. The lowest BCUT2D eigenvalue weighted by Crippen LogP contribution is -2.31. The van der Waals surface area contributed by atoms with Gasteiger partial charge in [-0.15, -0.1) is 0 Å². The van der Waals surface area contributed by atoms with Crippen molar-refractivity contribution in [1.29, 1.82) is 0 Å². The largest absolute Gasteiger partial charge is 0.508 e. The van der Waals surface area contributed by atoms with Crippen molar-refractivity contribution in [2.24, 2.45) is 5.92 Å². The molecule has 0 spiro atoms. The molecule has 6 heteroatoms. The number of rotatable bonds is 4. The van der Waals surface area contributed by atoms with Crippen molar-refractivity contribution in [2.75, 3.05) is 7.11 Å². The maximum atomic E-state index is 12.6. The van der Waals surface area contributed by atoms with Crippen molar-refractivity contribution in [2.45, 2.75) is 37.0 Å². The van der Waals surface area contributed by atoms with Crippen molar-refractivity contribution in [3.05, 3.63) is 64.7 Å². The van der Waals surface area contributed by atoms with E-state index in [1.54, 1.807) is 17.6 Å². The minimum atomic E-state index is -1.13. The van der Waals surface area contributed by atoms with Gasteiger partial charge in [0.1, 0.15) is 11.2 Å². The maximum Gasteiger partial charge on any atom is 0.317 e. The summed E-state index contributed by atoms with van der Waals surface area (Å²) in [7, 11) is 1.29. The predicted octanol–water partition coefficient (Wildman–Crippen LogP) is 2.80. The number of ether oxygens (including phenoxy) is 1. The van der Waals surface area contributed by atoms with Gasteiger partial charge in [-0.1, -0.05) is 36.4 Å². The Labute approximate surface area is 163 Å². The van der Waals surface area contributed by atoms with Gasteiger partial charge in [0.05, 0.1) is 13.0 Å². The lowest BCUT2D eigenvalue weighted by atomic mass is 9.77. The maximum absolute atomic E-state index is 12.6. The third kappa shape index (κ3) is 2.76. The summed E-state index contributed by atoms with van der Waals surface area (Å²) in [5, 5.41) is 19.6. The highest BCUT2D eigenvalue weighted by atomic mass is 16.5. The van der Waals surface area contributed by atoms with E-state index in [1.165, 1.54) is 18.2 Å². The van der Waals surface area contributed by atoms with Crippen LogP contribution in [0.15, 0.2) is 42.5 Å². The molecule has 1 unspecified atom stereocenters. The zero-order chi connectivity index (χ0) is 19.9. The first-order valence-corrected chi connectivity index (χ1v) is 9.46. The fourth-order valence-corrected chi connectivity index (χ4v) is 4.69. The summed E-state index contributed by atoms with van der Waals surface area (Å²) in [5.74, 6) is -1.61. The summed E-state index contributed by atoms with van der Waals surface area (Å²) in [5.41, 5.74) is 4.35. The van der Waals surface area contributed by atoms with Crippen molar-refractivity contribution >= 4 is 11.9 Å². The van der Waals surface area contributed by atoms with E-state index >= 15 is 0 Å². The van der Waals surface area contributed by atoms with Gasteiger partial charge in [-0.25, -0.2) is 5.48 Å². The highest BCUT2D eigenvalue weighted by molar-refractivity contribution is 5.98. The molecular weight excluding hydrogens is 358 g/mol. The Morgan fingerprint density at radius 3 is 2.71 bits per heavy atom. The first-order chi connectivity index (χ1) is 13.5. The molecule has 1 fully saturated rings. The number of hydrogen-bond acceptors (Lipinski definition) is 5. The summed E-state index contributed by atoms with van der Waals surface area (Å²) < 4.78 is 4.97. The van der Waals surface area contributed by atoms with Crippen LogP contribution in [0.25, 0.3) is 0 Å². The lowest BCUT2D eigenvalue weighted by Gasteiger charge is -2.27. The Bertz CT molecular complexity index is 940. The quantitative estimate of drug-likeness (QED) is 0.430. The lowest BCUT2D eigenvalue weighted by molar-refractivity contribution is -0.146. The Hall–Kier alpha value is -2.86. The molecule has 2 aliphatic rings. The number of methoxy groups -OCH3 is 1. The van der Waals surface area contributed by atoms with E-state index < -0.39 is 23.2 Å². The van der Waals surface area contributed by atoms with Crippen LogP contribution in [0.2, 0.25) is 0 Å². The molecule has 28 heavy (non-hydrogen) atoms. The zero-order valence-electron chi connectivity index (χ0n) is 15.6. The second-order valence-electron chi connectivity index (χ2n) is 7.61. The number of phenols is 1. The summed E-state index contributed by atoms with van der Waals surface area (Å²) in [6.45, 7) is 0. The molecule has 0 aromatic heterocycles. The van der Waals surface area contributed by atoms with Crippen LogP contribution in [0.1, 0.15) is 47.4 Å². The minimum absolute atomic E-state index is 0.0310. The SMILES string of the molecule is COC(=O)[C@@]1(c2ccc(O)c(C3CCCc4ccccc43)c2)C[C@@H]1C(=O)NO. The summed E-state index contributed by atoms with van der Waals surface area (Å²) in [6, 6.07) is 13.3. The van der Waals surface area contributed by atoms with Crippen LogP contribution < -0.4 is 5.48 Å². The number of hydrogen-bond donors (Lipinski definition) is 3. The van der Waals surface area contributed by atoms with E-state index in [4.69, 9.17) is 9.94 Å². The molecule has 3 atom stereocenters. The minimum Gasteiger partial charge on any atom is -0.508 e. The van der Waals surface area contributed by atoms with E-state index in [0.717, 1.165) is 24.8 Å². The van der Waals surface area contributed by atoms with Crippen LogP contribution in [0.4, 0.5) is 0 Å². The molecule has 2 aromatic rings. The number of aryl methyl sites for hydroxylation is 1. The van der Waals surface area contributed by atoms with Gasteiger partial charge in [-0.05, 0) is 48.4 Å². The van der Waals surface area contributed by atoms with Gasteiger partial charge in [0.2, 0.25) is 5.91 Å². The number of amides is 1.